The van der Waals surface area contributed by atoms with Crippen LogP contribution in [0.5, 0.6) is 0 Å². The third-order valence-corrected chi connectivity index (χ3v) is 8.85. The number of aromatic nitrogens is 1. The van der Waals surface area contributed by atoms with Gasteiger partial charge in [-0.05, 0) is 41.6 Å². The van der Waals surface area contributed by atoms with Crippen LogP contribution >= 0.6 is 0 Å². The predicted molar refractivity (Wildman–Crippen MR) is 161 cm³/mol. The van der Waals surface area contributed by atoms with Crippen molar-refractivity contribution in [2.45, 2.75) is 37.6 Å². The Morgan fingerprint density at radius 2 is 1.78 bits per heavy atom. The van der Waals surface area contributed by atoms with Crippen molar-refractivity contribution in [3.05, 3.63) is 83.0 Å². The van der Waals surface area contributed by atoms with Crippen molar-refractivity contribution in [3.8, 4) is 0 Å². The topological polar surface area (TPSA) is 121 Å². The number of amides is 4. The lowest BCUT2D eigenvalue weighted by Crippen LogP contribution is -2.52. The van der Waals surface area contributed by atoms with E-state index in [1.165, 1.54) is 29.3 Å². The largest absolute Gasteiger partial charge is 0.412 e. The summed E-state index contributed by atoms with van der Waals surface area (Å²) in [7, 11) is 0. The van der Waals surface area contributed by atoms with E-state index in [9.17, 15) is 32.3 Å². The lowest BCUT2D eigenvalue weighted by atomic mass is 9.94. The molecule has 1 unspecified atom stereocenters. The van der Waals surface area contributed by atoms with Gasteiger partial charge in [-0.25, -0.2) is 0 Å². The molecule has 3 aliphatic heterocycles. The van der Waals surface area contributed by atoms with E-state index in [0.29, 0.717) is 64.8 Å². The van der Waals surface area contributed by atoms with Gasteiger partial charge in [0.15, 0.2) is 6.04 Å². The van der Waals surface area contributed by atoms with Crippen LogP contribution in [-0.2, 0) is 20.9 Å². The highest BCUT2D eigenvalue weighted by atomic mass is 19.4. The number of anilines is 1. The number of imide groups is 1. The molecule has 0 spiro atoms. The number of nitrogens with one attached hydrogen (secondary N) is 2. The first-order valence-corrected chi connectivity index (χ1v) is 14.9. The number of morpholine rings is 1. The summed E-state index contributed by atoms with van der Waals surface area (Å²) in [4.78, 5) is 59.4. The Kier molecular flexibility index (Phi) is 7.35. The molecule has 0 aliphatic carbocycles. The number of hydrogen-bond acceptors (Lipinski definition) is 7. The Morgan fingerprint density at radius 1 is 1.00 bits per heavy atom. The van der Waals surface area contributed by atoms with Gasteiger partial charge in [0, 0.05) is 65.4 Å². The molecule has 7 rings (SSSR count). The van der Waals surface area contributed by atoms with E-state index in [-0.39, 0.29) is 30.5 Å². The number of benzene rings is 3. The molecule has 4 amide bonds. The maximum absolute atomic E-state index is 14.7. The monoisotopic (exact) mass is 631 g/mol. The molecule has 4 heterocycles. The summed E-state index contributed by atoms with van der Waals surface area (Å²) in [6.45, 7) is 1.60. The van der Waals surface area contributed by atoms with Crippen LogP contribution in [0.25, 0.3) is 21.7 Å². The first-order valence-electron chi connectivity index (χ1n) is 14.9. The molecule has 1 aromatic heterocycles. The first kappa shape index (κ1) is 29.7. The third kappa shape index (κ3) is 5.10. The molecule has 10 nitrogen and oxygen atoms in total. The number of rotatable bonds is 5. The van der Waals surface area contributed by atoms with Gasteiger partial charge in [-0.2, -0.15) is 13.2 Å². The van der Waals surface area contributed by atoms with E-state index >= 15 is 0 Å². The van der Waals surface area contributed by atoms with Gasteiger partial charge >= 0.3 is 6.18 Å². The quantitative estimate of drug-likeness (QED) is 0.252. The fourth-order valence-corrected chi connectivity index (χ4v) is 6.65. The Balaban J connectivity index is 1.30. The normalized spacial score (nSPS) is 19.4. The Bertz CT molecular complexity index is 1920. The molecule has 0 bridgehead atoms. The number of ether oxygens (including phenoxy) is 1. The van der Waals surface area contributed by atoms with Gasteiger partial charge < -0.3 is 19.9 Å². The van der Waals surface area contributed by atoms with Crippen molar-refractivity contribution in [2.24, 2.45) is 0 Å². The summed E-state index contributed by atoms with van der Waals surface area (Å²) >= 11 is 0. The first-order chi connectivity index (χ1) is 22.1. The second kappa shape index (κ2) is 11.4. The molecule has 3 aromatic carbocycles. The standard InChI is InChI=1S/C33H28F3N5O5/c34-33(35,36)29(21-4-1-2-6-25(21)40-12-14-46-15-13-40)39-30(43)23-16-22-19(28-18(23)5-3-11-37-28)7-8-20-24(22)17-41(32(20)45)26-9-10-27(42)38-31(26)44/h1-8,11,16,26,29H,9-10,12-15,17H2,(H,39,43)(H,38,42,44)/t26?,29-/m1/s1. The number of pyridine rings is 1. The van der Waals surface area contributed by atoms with E-state index in [4.69, 9.17) is 4.74 Å². The fraction of sp³-hybridized carbons (Fsp3) is 0.303. The minimum atomic E-state index is -4.82. The second-order valence-electron chi connectivity index (χ2n) is 11.5. The number of halogens is 3. The minimum absolute atomic E-state index is 0.0231. The van der Waals surface area contributed by atoms with E-state index in [1.807, 2.05) is 4.90 Å². The molecule has 46 heavy (non-hydrogen) atoms. The Hall–Kier alpha value is -5.04. The number of carbonyl (C=O) groups is 4. The van der Waals surface area contributed by atoms with Crippen molar-refractivity contribution in [2.75, 3.05) is 31.2 Å². The average Bonchev–Trinajstić information content (AvgIpc) is 3.39. The number of nitrogens with zero attached hydrogens (tertiary/aromatic N) is 3. The predicted octanol–water partition coefficient (Wildman–Crippen LogP) is 4.02. The van der Waals surface area contributed by atoms with E-state index in [0.717, 1.165) is 0 Å². The maximum Gasteiger partial charge on any atom is 0.412 e. The number of alkyl halides is 3. The van der Waals surface area contributed by atoms with Crippen LogP contribution in [0.1, 0.15) is 50.7 Å². The summed E-state index contributed by atoms with van der Waals surface area (Å²) in [6, 6.07) is 11.0. The molecule has 2 saturated heterocycles. The molecule has 2 atom stereocenters. The van der Waals surface area contributed by atoms with E-state index < -0.39 is 41.9 Å². The van der Waals surface area contributed by atoms with Crippen molar-refractivity contribution >= 4 is 51.0 Å². The molecule has 2 fully saturated rings. The highest BCUT2D eigenvalue weighted by Crippen LogP contribution is 2.40. The molecule has 4 aromatic rings. The highest BCUT2D eigenvalue weighted by Gasteiger charge is 2.44. The van der Waals surface area contributed by atoms with Crippen LogP contribution in [0.4, 0.5) is 18.9 Å². The van der Waals surface area contributed by atoms with Gasteiger partial charge in [-0.3, -0.25) is 29.5 Å². The number of para-hydroxylation sites is 1. The van der Waals surface area contributed by atoms with Gasteiger partial charge in [0.05, 0.1) is 18.7 Å². The van der Waals surface area contributed by atoms with Crippen molar-refractivity contribution in [1.82, 2.24) is 20.5 Å². The van der Waals surface area contributed by atoms with E-state index in [2.05, 4.69) is 15.6 Å². The smallest absolute Gasteiger partial charge is 0.378 e. The SMILES string of the molecule is O=C1CCC(N2Cc3c(ccc4c3cc(C(=O)N[C@H](c3ccccc3N3CCOCC3)C(F)(F)F)c3cccnc34)C2=O)C(=O)N1. The number of carbonyl (C=O) groups excluding carboxylic acids is 4. The zero-order valence-corrected chi connectivity index (χ0v) is 24.4. The summed E-state index contributed by atoms with van der Waals surface area (Å²) < 4.78 is 49.6. The van der Waals surface area contributed by atoms with Crippen LogP contribution in [-0.4, -0.2) is 72.0 Å². The van der Waals surface area contributed by atoms with Crippen molar-refractivity contribution in [1.29, 1.82) is 0 Å². The molecule has 13 heteroatoms. The van der Waals surface area contributed by atoms with Gasteiger partial charge in [0.2, 0.25) is 11.8 Å². The van der Waals surface area contributed by atoms with Crippen LogP contribution in [0.2, 0.25) is 0 Å². The lowest BCUT2D eigenvalue weighted by molar-refractivity contribution is -0.155. The summed E-state index contributed by atoms with van der Waals surface area (Å²) in [5, 5.41) is 5.95. The highest BCUT2D eigenvalue weighted by molar-refractivity contribution is 6.18. The van der Waals surface area contributed by atoms with Crippen molar-refractivity contribution in [3.63, 3.8) is 0 Å². The molecule has 2 N–H and O–H groups in total. The van der Waals surface area contributed by atoms with Crippen molar-refractivity contribution < 1.29 is 37.1 Å². The lowest BCUT2D eigenvalue weighted by Gasteiger charge is -2.33. The third-order valence-electron chi connectivity index (χ3n) is 8.85. The summed E-state index contributed by atoms with van der Waals surface area (Å²) in [5.74, 6) is -2.34. The average molecular weight is 632 g/mol. The maximum atomic E-state index is 14.7. The minimum Gasteiger partial charge on any atom is -0.378 e. The Labute approximate surface area is 260 Å². The Morgan fingerprint density at radius 3 is 2.54 bits per heavy atom. The molecule has 0 saturated carbocycles. The number of piperidine rings is 1. The zero-order chi connectivity index (χ0) is 32.2. The van der Waals surface area contributed by atoms with Crippen LogP contribution in [0.15, 0.2) is 60.8 Å². The zero-order valence-electron chi connectivity index (χ0n) is 24.4. The van der Waals surface area contributed by atoms with Crippen LogP contribution < -0.4 is 15.5 Å². The van der Waals surface area contributed by atoms with Gasteiger partial charge in [-0.15, -0.1) is 0 Å². The van der Waals surface area contributed by atoms with Gasteiger partial charge in [-0.1, -0.05) is 30.3 Å². The summed E-state index contributed by atoms with van der Waals surface area (Å²) in [5.41, 5.74) is 1.47. The molecule has 3 aliphatic rings. The summed E-state index contributed by atoms with van der Waals surface area (Å²) in [6.07, 6.45) is -3.04. The fourth-order valence-electron chi connectivity index (χ4n) is 6.65. The van der Waals surface area contributed by atoms with Gasteiger partial charge in [0.1, 0.15) is 6.04 Å². The molecular weight excluding hydrogens is 603 g/mol. The second-order valence-corrected chi connectivity index (χ2v) is 11.5. The number of fused-ring (bicyclic) bond motifs is 5. The molecule has 236 valence electrons. The van der Waals surface area contributed by atoms with Crippen LogP contribution in [0, 0.1) is 0 Å². The molecule has 0 radical (unpaired) electrons. The van der Waals surface area contributed by atoms with Gasteiger partial charge in [0.25, 0.3) is 11.8 Å². The van der Waals surface area contributed by atoms with Crippen LogP contribution in [0.3, 0.4) is 0 Å². The number of hydrogen-bond donors (Lipinski definition) is 2. The molecular formula is C33H28F3N5O5. The van der Waals surface area contributed by atoms with E-state index in [1.54, 1.807) is 36.4 Å².